The molecule has 2 N–H and O–H groups in total. The summed E-state index contributed by atoms with van der Waals surface area (Å²) in [6, 6.07) is 7.62. The Morgan fingerprint density at radius 3 is 2.50 bits per heavy atom. The molecule has 5 aromatic rings. The Labute approximate surface area is 240 Å². The summed E-state index contributed by atoms with van der Waals surface area (Å²) in [6.07, 6.45) is 12.7. The highest BCUT2D eigenvalue weighted by atomic mass is 19.1. The first kappa shape index (κ1) is 26.4. The summed E-state index contributed by atoms with van der Waals surface area (Å²) in [5.41, 5.74) is 3.52. The van der Waals surface area contributed by atoms with Crippen LogP contribution >= 0.6 is 0 Å². The van der Waals surface area contributed by atoms with Crippen LogP contribution in [0.2, 0.25) is 0 Å². The number of anilines is 1. The minimum atomic E-state index is -1.34. The zero-order valence-corrected chi connectivity index (χ0v) is 22.9. The molecule has 0 saturated carbocycles. The van der Waals surface area contributed by atoms with Crippen LogP contribution in [0.1, 0.15) is 36.3 Å². The summed E-state index contributed by atoms with van der Waals surface area (Å²) in [5.74, 6) is 1.08. The van der Waals surface area contributed by atoms with Crippen molar-refractivity contribution in [2.24, 2.45) is 0 Å². The van der Waals surface area contributed by atoms with Gasteiger partial charge in [0.2, 0.25) is 0 Å². The molecule has 0 amide bonds. The van der Waals surface area contributed by atoms with Crippen molar-refractivity contribution >= 4 is 16.9 Å². The van der Waals surface area contributed by atoms with Gasteiger partial charge < -0.3 is 19.8 Å². The SMILES string of the molecule is C[C@](O)(c1ccc(F)cc1)c1cnc(C2=CCN(c3ncnn4cc(-c5cnn([C@@H]6COC[C@@H]6O)c5)cc34)CC2)nc1. The molecule has 0 bridgehead atoms. The van der Waals surface area contributed by atoms with E-state index in [0.29, 0.717) is 36.7 Å². The predicted octanol–water partition coefficient (Wildman–Crippen LogP) is 3.00. The van der Waals surface area contributed by atoms with Crippen molar-refractivity contribution in [2.45, 2.75) is 31.1 Å². The second-order valence-corrected chi connectivity index (χ2v) is 10.8. The van der Waals surface area contributed by atoms with E-state index in [9.17, 15) is 14.6 Å². The Balaban J connectivity index is 1.08. The Kier molecular flexibility index (Phi) is 6.53. The zero-order chi connectivity index (χ0) is 28.8. The maximum Gasteiger partial charge on any atom is 0.156 e. The van der Waals surface area contributed by atoms with E-state index in [0.717, 1.165) is 41.0 Å². The van der Waals surface area contributed by atoms with Crippen LogP contribution in [0.15, 0.2) is 73.7 Å². The van der Waals surface area contributed by atoms with Gasteiger partial charge in [0.1, 0.15) is 35.4 Å². The normalized spacial score (nSPS) is 20.6. The molecule has 214 valence electrons. The van der Waals surface area contributed by atoms with Crippen molar-refractivity contribution in [1.29, 1.82) is 0 Å². The molecule has 1 fully saturated rings. The van der Waals surface area contributed by atoms with Gasteiger partial charge in [-0.3, -0.25) is 4.68 Å². The highest BCUT2D eigenvalue weighted by molar-refractivity contribution is 5.78. The van der Waals surface area contributed by atoms with Gasteiger partial charge in [-0.15, -0.1) is 0 Å². The maximum atomic E-state index is 13.3. The van der Waals surface area contributed by atoms with E-state index in [-0.39, 0.29) is 11.9 Å². The second kappa shape index (κ2) is 10.4. The predicted molar refractivity (Wildman–Crippen MR) is 152 cm³/mol. The number of hydrogen-bond donors (Lipinski definition) is 2. The molecule has 0 radical (unpaired) electrons. The number of hydrogen-bond acceptors (Lipinski definition) is 9. The van der Waals surface area contributed by atoms with E-state index < -0.39 is 11.7 Å². The summed E-state index contributed by atoms with van der Waals surface area (Å²) in [4.78, 5) is 15.9. The Hall–Kier alpha value is -4.52. The average molecular weight is 569 g/mol. The topological polar surface area (TPSA) is 127 Å². The molecule has 1 saturated heterocycles. The molecule has 42 heavy (non-hydrogen) atoms. The van der Waals surface area contributed by atoms with E-state index in [2.05, 4.69) is 36.1 Å². The van der Waals surface area contributed by atoms with Crippen molar-refractivity contribution < 1.29 is 19.3 Å². The molecule has 0 spiro atoms. The first-order valence-corrected chi connectivity index (χ1v) is 13.8. The number of rotatable bonds is 6. The average Bonchev–Trinajstić information content (AvgIpc) is 3.77. The van der Waals surface area contributed by atoms with Crippen molar-refractivity contribution in [2.75, 3.05) is 31.2 Å². The van der Waals surface area contributed by atoms with Gasteiger partial charge in [0.05, 0.1) is 19.4 Å². The molecule has 2 aliphatic rings. The summed E-state index contributed by atoms with van der Waals surface area (Å²) in [7, 11) is 0. The van der Waals surface area contributed by atoms with E-state index in [1.807, 2.05) is 23.0 Å². The Morgan fingerprint density at radius 1 is 0.976 bits per heavy atom. The fraction of sp³-hybridized carbons (Fsp3) is 0.300. The van der Waals surface area contributed by atoms with Gasteiger partial charge in [0.25, 0.3) is 0 Å². The van der Waals surface area contributed by atoms with Crippen molar-refractivity contribution in [1.82, 2.24) is 34.3 Å². The Bertz CT molecular complexity index is 1760. The van der Waals surface area contributed by atoms with Crippen molar-refractivity contribution in [3.8, 4) is 11.1 Å². The third kappa shape index (κ3) is 4.73. The quantitative estimate of drug-likeness (QED) is 0.318. The van der Waals surface area contributed by atoms with Gasteiger partial charge in [-0.2, -0.15) is 10.2 Å². The molecular formula is C30H29FN8O3. The van der Waals surface area contributed by atoms with Crippen molar-refractivity contribution in [3.63, 3.8) is 0 Å². The third-order valence-corrected chi connectivity index (χ3v) is 8.10. The fourth-order valence-corrected chi connectivity index (χ4v) is 5.52. The van der Waals surface area contributed by atoms with Crippen LogP contribution in [0.3, 0.4) is 0 Å². The molecule has 0 aliphatic carbocycles. The van der Waals surface area contributed by atoms with E-state index >= 15 is 0 Å². The summed E-state index contributed by atoms with van der Waals surface area (Å²) < 4.78 is 22.3. The number of ether oxygens (including phenoxy) is 1. The van der Waals surface area contributed by atoms with Crippen LogP contribution in [-0.4, -0.2) is 77.0 Å². The molecule has 7 rings (SSSR count). The minimum Gasteiger partial charge on any atom is -0.388 e. The number of aliphatic hydroxyl groups excluding tert-OH is 1. The fourth-order valence-electron chi connectivity index (χ4n) is 5.52. The van der Waals surface area contributed by atoms with Gasteiger partial charge in [-0.25, -0.2) is 23.9 Å². The summed E-state index contributed by atoms with van der Waals surface area (Å²) >= 11 is 0. The molecule has 4 aromatic heterocycles. The number of fused-ring (bicyclic) bond motifs is 1. The molecule has 3 atom stereocenters. The lowest BCUT2D eigenvalue weighted by Crippen LogP contribution is -2.30. The van der Waals surface area contributed by atoms with Crippen LogP contribution in [0.5, 0.6) is 0 Å². The van der Waals surface area contributed by atoms with Crippen LogP contribution in [0.4, 0.5) is 10.2 Å². The maximum absolute atomic E-state index is 13.3. The van der Waals surface area contributed by atoms with E-state index in [4.69, 9.17) is 4.74 Å². The van der Waals surface area contributed by atoms with Gasteiger partial charge in [-0.05, 0) is 42.7 Å². The van der Waals surface area contributed by atoms with E-state index in [1.54, 1.807) is 48.7 Å². The van der Waals surface area contributed by atoms with Crippen LogP contribution < -0.4 is 4.90 Å². The lowest BCUT2D eigenvalue weighted by atomic mass is 9.90. The monoisotopic (exact) mass is 568 g/mol. The smallest absolute Gasteiger partial charge is 0.156 e. The standard InChI is InChI=1S/C30H29FN8O3/c1-30(41,22-2-4-24(31)5-3-22)23-12-32-28(33-13-23)19-6-8-37(9-7-19)29-25-10-20(14-38(25)36-18-34-29)21-11-35-39(15-21)26-16-42-17-27(26)40/h2-6,10-15,18,26-27,40-41H,7-9,16-17H2,1H3/t26-,27+,30+/m1/s1. The number of nitrogens with zero attached hydrogens (tertiary/aromatic N) is 8. The zero-order valence-electron chi connectivity index (χ0n) is 22.9. The summed E-state index contributed by atoms with van der Waals surface area (Å²) in [5, 5.41) is 30.1. The molecule has 2 aliphatic heterocycles. The van der Waals surface area contributed by atoms with Crippen LogP contribution in [0.25, 0.3) is 22.2 Å². The molecule has 1 aromatic carbocycles. The third-order valence-electron chi connectivity index (χ3n) is 8.10. The molecular weight excluding hydrogens is 539 g/mol. The highest BCUT2D eigenvalue weighted by Crippen LogP contribution is 2.32. The number of aliphatic hydroxyl groups is 2. The highest BCUT2D eigenvalue weighted by Gasteiger charge is 2.29. The van der Waals surface area contributed by atoms with Gasteiger partial charge >= 0.3 is 0 Å². The van der Waals surface area contributed by atoms with E-state index in [1.165, 1.54) is 12.1 Å². The van der Waals surface area contributed by atoms with Crippen LogP contribution in [0, 0.1) is 5.82 Å². The molecule has 0 unspecified atom stereocenters. The van der Waals surface area contributed by atoms with Gasteiger partial charge in [-0.1, -0.05) is 18.2 Å². The largest absolute Gasteiger partial charge is 0.388 e. The van der Waals surface area contributed by atoms with Crippen LogP contribution in [-0.2, 0) is 10.3 Å². The first-order chi connectivity index (χ1) is 20.4. The number of benzene rings is 1. The molecule has 12 heteroatoms. The Morgan fingerprint density at radius 2 is 1.79 bits per heavy atom. The number of aromatic nitrogens is 7. The minimum absolute atomic E-state index is 0.191. The summed E-state index contributed by atoms with van der Waals surface area (Å²) in [6.45, 7) is 3.74. The lowest BCUT2D eigenvalue weighted by molar-refractivity contribution is 0.101. The van der Waals surface area contributed by atoms with Gasteiger partial charge in [0.15, 0.2) is 11.6 Å². The second-order valence-electron chi connectivity index (χ2n) is 10.8. The molecule has 6 heterocycles. The lowest BCUT2D eigenvalue weighted by Gasteiger charge is -2.27. The molecule has 11 nitrogen and oxygen atoms in total. The van der Waals surface area contributed by atoms with Gasteiger partial charge in [0, 0.05) is 54.6 Å². The van der Waals surface area contributed by atoms with Crippen molar-refractivity contribution in [3.05, 3.63) is 96.5 Å². The number of halogens is 1. The first-order valence-electron chi connectivity index (χ1n) is 13.8.